The molecule has 2 rings (SSSR count). The van der Waals surface area contributed by atoms with E-state index in [9.17, 15) is 9.59 Å². The molecule has 6 heteroatoms. The molecule has 1 aromatic carbocycles. The van der Waals surface area contributed by atoms with Crippen LogP contribution in [0.5, 0.6) is 0 Å². The van der Waals surface area contributed by atoms with Gasteiger partial charge in [-0.1, -0.05) is 18.0 Å². The SMILES string of the molecule is O=C(O)CC1CCCCN1CC(=O)Nc1ccc(Cl)cc1. The molecule has 0 spiro atoms. The van der Waals surface area contributed by atoms with Gasteiger partial charge in [0.1, 0.15) is 0 Å². The van der Waals surface area contributed by atoms with E-state index < -0.39 is 5.97 Å². The highest BCUT2D eigenvalue weighted by molar-refractivity contribution is 6.30. The van der Waals surface area contributed by atoms with Crippen LogP contribution in [0.15, 0.2) is 24.3 Å². The number of rotatable bonds is 5. The Labute approximate surface area is 128 Å². The Morgan fingerprint density at radius 2 is 2.00 bits per heavy atom. The van der Waals surface area contributed by atoms with Crippen LogP contribution in [0.3, 0.4) is 0 Å². The molecular formula is C15H19ClN2O3. The zero-order valence-electron chi connectivity index (χ0n) is 11.7. The molecular weight excluding hydrogens is 292 g/mol. The molecule has 1 fully saturated rings. The quantitative estimate of drug-likeness (QED) is 0.877. The smallest absolute Gasteiger partial charge is 0.304 e. The van der Waals surface area contributed by atoms with Crippen molar-refractivity contribution in [2.45, 2.75) is 31.7 Å². The van der Waals surface area contributed by atoms with E-state index in [1.165, 1.54) is 0 Å². The third-order valence-electron chi connectivity index (χ3n) is 3.63. The van der Waals surface area contributed by atoms with Crippen LogP contribution in [0.2, 0.25) is 5.02 Å². The number of halogens is 1. The van der Waals surface area contributed by atoms with Crippen LogP contribution < -0.4 is 5.32 Å². The van der Waals surface area contributed by atoms with Crippen molar-refractivity contribution >= 4 is 29.2 Å². The maximum atomic E-state index is 12.1. The average molecular weight is 311 g/mol. The lowest BCUT2D eigenvalue weighted by Crippen LogP contribution is -2.44. The normalized spacial score (nSPS) is 19.2. The number of amides is 1. The molecule has 1 aliphatic heterocycles. The highest BCUT2D eigenvalue weighted by atomic mass is 35.5. The van der Waals surface area contributed by atoms with E-state index in [2.05, 4.69) is 5.32 Å². The van der Waals surface area contributed by atoms with Crippen molar-refractivity contribution in [3.8, 4) is 0 Å². The van der Waals surface area contributed by atoms with Gasteiger partial charge in [-0.05, 0) is 43.7 Å². The number of nitrogens with one attached hydrogen (secondary N) is 1. The predicted molar refractivity (Wildman–Crippen MR) is 81.5 cm³/mol. The van der Waals surface area contributed by atoms with Crippen LogP contribution in [0.4, 0.5) is 5.69 Å². The molecule has 0 aromatic heterocycles. The van der Waals surface area contributed by atoms with Crippen LogP contribution in [0.25, 0.3) is 0 Å². The summed E-state index contributed by atoms with van der Waals surface area (Å²) in [6.07, 6.45) is 2.95. The minimum Gasteiger partial charge on any atom is -0.481 e. The monoisotopic (exact) mass is 310 g/mol. The molecule has 0 aliphatic carbocycles. The van der Waals surface area contributed by atoms with Gasteiger partial charge in [-0.3, -0.25) is 14.5 Å². The molecule has 1 aliphatic rings. The number of piperidine rings is 1. The molecule has 1 heterocycles. The summed E-state index contributed by atoms with van der Waals surface area (Å²) < 4.78 is 0. The van der Waals surface area contributed by atoms with E-state index in [0.717, 1.165) is 25.8 Å². The van der Waals surface area contributed by atoms with Gasteiger partial charge < -0.3 is 10.4 Å². The van der Waals surface area contributed by atoms with Crippen molar-refractivity contribution < 1.29 is 14.7 Å². The fourth-order valence-corrected chi connectivity index (χ4v) is 2.75. The topological polar surface area (TPSA) is 69.6 Å². The fraction of sp³-hybridized carbons (Fsp3) is 0.467. The molecule has 0 bridgehead atoms. The van der Waals surface area contributed by atoms with Crippen molar-refractivity contribution in [1.29, 1.82) is 0 Å². The van der Waals surface area contributed by atoms with Crippen molar-refractivity contribution in [2.75, 3.05) is 18.4 Å². The Hall–Kier alpha value is -1.59. The molecule has 21 heavy (non-hydrogen) atoms. The predicted octanol–water partition coefficient (Wildman–Crippen LogP) is 2.61. The fourth-order valence-electron chi connectivity index (χ4n) is 2.62. The lowest BCUT2D eigenvalue weighted by atomic mass is 9.99. The first-order valence-electron chi connectivity index (χ1n) is 7.06. The molecule has 1 saturated heterocycles. The number of benzene rings is 1. The van der Waals surface area contributed by atoms with Crippen molar-refractivity contribution in [2.24, 2.45) is 0 Å². The molecule has 5 nitrogen and oxygen atoms in total. The zero-order valence-corrected chi connectivity index (χ0v) is 12.5. The van der Waals surface area contributed by atoms with Crippen molar-refractivity contribution in [3.05, 3.63) is 29.3 Å². The molecule has 0 saturated carbocycles. The maximum Gasteiger partial charge on any atom is 0.304 e. The van der Waals surface area contributed by atoms with E-state index in [1.54, 1.807) is 24.3 Å². The summed E-state index contributed by atoms with van der Waals surface area (Å²) >= 11 is 5.79. The first-order chi connectivity index (χ1) is 10.0. The van der Waals surface area contributed by atoms with Crippen molar-refractivity contribution in [1.82, 2.24) is 4.90 Å². The number of nitrogens with zero attached hydrogens (tertiary/aromatic N) is 1. The van der Waals surface area contributed by atoms with E-state index in [-0.39, 0.29) is 24.9 Å². The average Bonchev–Trinajstić information content (AvgIpc) is 2.43. The third kappa shape index (κ3) is 5.02. The Morgan fingerprint density at radius 1 is 1.29 bits per heavy atom. The molecule has 0 radical (unpaired) electrons. The van der Waals surface area contributed by atoms with E-state index in [1.807, 2.05) is 4.90 Å². The lowest BCUT2D eigenvalue weighted by molar-refractivity contribution is -0.139. The summed E-state index contributed by atoms with van der Waals surface area (Å²) in [6, 6.07) is 6.86. The van der Waals surface area contributed by atoms with Gasteiger partial charge in [0.25, 0.3) is 0 Å². The summed E-state index contributed by atoms with van der Waals surface area (Å²) in [5, 5.41) is 12.4. The third-order valence-corrected chi connectivity index (χ3v) is 3.89. The van der Waals surface area contributed by atoms with Crippen LogP contribution in [-0.2, 0) is 9.59 Å². The number of anilines is 1. The number of carbonyl (C=O) groups excluding carboxylic acids is 1. The van der Waals surface area contributed by atoms with E-state index >= 15 is 0 Å². The Balaban J connectivity index is 1.90. The number of likely N-dealkylation sites (tertiary alicyclic amines) is 1. The Morgan fingerprint density at radius 3 is 2.67 bits per heavy atom. The Kier molecular flexibility index (Phi) is 5.59. The van der Waals surface area contributed by atoms with Crippen molar-refractivity contribution in [3.63, 3.8) is 0 Å². The molecule has 2 N–H and O–H groups in total. The van der Waals surface area contributed by atoms with Crippen LogP contribution >= 0.6 is 11.6 Å². The first-order valence-corrected chi connectivity index (χ1v) is 7.43. The summed E-state index contributed by atoms with van der Waals surface area (Å²) in [7, 11) is 0. The van der Waals surface area contributed by atoms with Crippen LogP contribution in [-0.4, -0.2) is 41.0 Å². The second-order valence-electron chi connectivity index (χ2n) is 5.27. The summed E-state index contributed by atoms with van der Waals surface area (Å²) in [4.78, 5) is 24.9. The first kappa shape index (κ1) is 15.8. The van der Waals surface area contributed by atoms with Gasteiger partial charge in [-0.2, -0.15) is 0 Å². The second-order valence-corrected chi connectivity index (χ2v) is 5.71. The highest BCUT2D eigenvalue weighted by Gasteiger charge is 2.26. The van der Waals surface area contributed by atoms with E-state index in [4.69, 9.17) is 16.7 Å². The van der Waals surface area contributed by atoms with Gasteiger partial charge in [0, 0.05) is 16.8 Å². The molecule has 1 aromatic rings. The summed E-state index contributed by atoms with van der Waals surface area (Å²) in [5.41, 5.74) is 0.691. The largest absolute Gasteiger partial charge is 0.481 e. The van der Waals surface area contributed by atoms with Gasteiger partial charge in [0.15, 0.2) is 0 Å². The zero-order chi connectivity index (χ0) is 15.2. The minimum absolute atomic E-state index is 0.0489. The van der Waals surface area contributed by atoms with E-state index in [0.29, 0.717) is 10.7 Å². The number of hydrogen-bond donors (Lipinski definition) is 2. The molecule has 1 amide bonds. The number of carbonyl (C=O) groups is 2. The number of aliphatic carboxylic acids is 1. The molecule has 114 valence electrons. The number of carboxylic acids is 1. The van der Waals surface area contributed by atoms with Crippen LogP contribution in [0.1, 0.15) is 25.7 Å². The van der Waals surface area contributed by atoms with Gasteiger partial charge in [-0.25, -0.2) is 0 Å². The second kappa shape index (κ2) is 7.43. The lowest BCUT2D eigenvalue weighted by Gasteiger charge is -2.34. The number of carboxylic acid groups (broad SMARTS) is 1. The molecule has 1 unspecified atom stereocenters. The van der Waals surface area contributed by atoms with Crippen LogP contribution in [0, 0.1) is 0 Å². The standard InChI is InChI=1S/C15H19ClN2O3/c16-11-4-6-12(7-5-11)17-14(19)10-18-8-2-1-3-13(18)9-15(20)21/h4-7,13H,1-3,8-10H2,(H,17,19)(H,20,21). The Bertz CT molecular complexity index is 504. The summed E-state index contributed by atoms with van der Waals surface area (Å²) in [5.74, 6) is -0.945. The maximum absolute atomic E-state index is 12.1. The van der Waals surface area contributed by atoms with Gasteiger partial charge in [-0.15, -0.1) is 0 Å². The number of hydrogen-bond acceptors (Lipinski definition) is 3. The van der Waals surface area contributed by atoms with Gasteiger partial charge in [0.2, 0.25) is 5.91 Å². The molecule has 1 atom stereocenters. The van der Waals surface area contributed by atoms with Gasteiger partial charge >= 0.3 is 5.97 Å². The minimum atomic E-state index is -0.815. The van der Waals surface area contributed by atoms with Gasteiger partial charge in [0.05, 0.1) is 13.0 Å². The highest BCUT2D eigenvalue weighted by Crippen LogP contribution is 2.20. The summed E-state index contributed by atoms with van der Waals surface area (Å²) in [6.45, 7) is 0.993.